The summed E-state index contributed by atoms with van der Waals surface area (Å²) in [7, 11) is 0. The number of aromatic nitrogens is 3. The third-order valence-electron chi connectivity index (χ3n) is 5.46. The van der Waals surface area contributed by atoms with E-state index in [9.17, 15) is 4.79 Å². The van der Waals surface area contributed by atoms with Crippen LogP contribution in [0.15, 0.2) is 30.5 Å². The van der Waals surface area contributed by atoms with Gasteiger partial charge < -0.3 is 14.5 Å². The zero-order valence-electron chi connectivity index (χ0n) is 15.3. The highest BCUT2D eigenvalue weighted by molar-refractivity contribution is 5.94. The Balaban J connectivity index is 1.49. The van der Waals surface area contributed by atoms with Crippen LogP contribution in [0.1, 0.15) is 42.4 Å². The maximum absolute atomic E-state index is 13.0. The van der Waals surface area contributed by atoms with Crippen LogP contribution in [0.25, 0.3) is 0 Å². The van der Waals surface area contributed by atoms with E-state index in [0.717, 1.165) is 36.5 Å². The highest BCUT2D eigenvalue weighted by atomic mass is 16.5. The molecule has 1 amide bonds. The predicted molar refractivity (Wildman–Crippen MR) is 98.2 cm³/mol. The van der Waals surface area contributed by atoms with Crippen LogP contribution in [0.3, 0.4) is 0 Å². The quantitative estimate of drug-likeness (QED) is 0.840. The summed E-state index contributed by atoms with van der Waals surface area (Å²) in [4.78, 5) is 17.2. The van der Waals surface area contributed by atoms with Crippen LogP contribution in [-0.4, -0.2) is 58.1 Å². The minimum Gasteiger partial charge on any atom is -0.372 e. The molecule has 1 fully saturated rings. The van der Waals surface area contributed by atoms with E-state index in [2.05, 4.69) is 29.1 Å². The van der Waals surface area contributed by atoms with Gasteiger partial charge in [0.05, 0.1) is 30.6 Å². The predicted octanol–water partition coefficient (Wildman–Crippen LogP) is 2.11. The van der Waals surface area contributed by atoms with Crippen molar-refractivity contribution in [3.63, 3.8) is 0 Å². The monoisotopic (exact) mass is 355 g/mol. The number of piperidine rings is 1. The average Bonchev–Trinajstić information content (AvgIpc) is 3.18. The zero-order valence-corrected chi connectivity index (χ0v) is 15.3. The first-order chi connectivity index (χ1) is 12.7. The lowest BCUT2D eigenvalue weighted by atomic mass is 9.99. The van der Waals surface area contributed by atoms with Crippen LogP contribution in [0, 0.1) is 0 Å². The lowest BCUT2D eigenvalue weighted by molar-refractivity contribution is -0.0605. The molecule has 2 aromatic rings. The highest BCUT2D eigenvalue weighted by Crippen LogP contribution is 2.30. The molecule has 2 atom stereocenters. The Morgan fingerprint density at radius 3 is 2.77 bits per heavy atom. The van der Waals surface area contributed by atoms with Gasteiger partial charge >= 0.3 is 0 Å². The van der Waals surface area contributed by atoms with E-state index < -0.39 is 0 Å². The second-order valence-electron chi connectivity index (χ2n) is 6.85. The average molecular weight is 355 g/mol. The first kappa shape index (κ1) is 17.0. The van der Waals surface area contributed by atoms with Crippen molar-refractivity contribution >= 4 is 11.6 Å². The largest absolute Gasteiger partial charge is 0.372 e. The summed E-state index contributed by atoms with van der Waals surface area (Å²) < 4.78 is 7.85. The molecule has 7 heteroatoms. The van der Waals surface area contributed by atoms with E-state index in [-0.39, 0.29) is 18.1 Å². The molecular weight excluding hydrogens is 330 g/mol. The van der Waals surface area contributed by atoms with Gasteiger partial charge in [-0.1, -0.05) is 5.21 Å². The summed E-state index contributed by atoms with van der Waals surface area (Å²) in [5, 5.41) is 8.19. The highest BCUT2D eigenvalue weighted by Gasteiger charge is 2.38. The molecular formula is C19H25N5O2. The number of anilines is 1. The third-order valence-corrected chi connectivity index (χ3v) is 5.46. The number of fused-ring (bicyclic) bond motifs is 3. The van der Waals surface area contributed by atoms with Crippen LogP contribution in [0.5, 0.6) is 0 Å². The van der Waals surface area contributed by atoms with Gasteiger partial charge in [0.15, 0.2) is 0 Å². The minimum absolute atomic E-state index is 0.0499. The van der Waals surface area contributed by atoms with E-state index in [1.54, 1.807) is 6.20 Å². The van der Waals surface area contributed by atoms with E-state index in [1.807, 2.05) is 33.8 Å². The van der Waals surface area contributed by atoms with Gasteiger partial charge in [-0.25, -0.2) is 4.68 Å². The molecule has 2 aliphatic heterocycles. The number of hydrogen-bond donors (Lipinski definition) is 0. The molecule has 4 rings (SSSR count). The molecule has 7 nitrogen and oxygen atoms in total. The summed E-state index contributed by atoms with van der Waals surface area (Å²) >= 11 is 0. The van der Waals surface area contributed by atoms with Gasteiger partial charge in [-0.3, -0.25) is 4.79 Å². The second-order valence-corrected chi connectivity index (χ2v) is 6.85. The SMILES string of the molecule is CCN(CC)c1ccc(C(=O)N2CC[C@H]3OCc4cnnn4[C@@H]3C2)cc1. The van der Waals surface area contributed by atoms with Gasteiger partial charge in [0, 0.05) is 37.4 Å². The maximum atomic E-state index is 13.0. The lowest BCUT2D eigenvalue weighted by Crippen LogP contribution is -2.49. The summed E-state index contributed by atoms with van der Waals surface area (Å²) in [6.45, 7) is 8.06. The molecule has 138 valence electrons. The van der Waals surface area contributed by atoms with Crippen molar-refractivity contribution in [1.29, 1.82) is 0 Å². The molecule has 1 saturated heterocycles. The Hall–Kier alpha value is -2.41. The maximum Gasteiger partial charge on any atom is 0.253 e. The van der Waals surface area contributed by atoms with Crippen LogP contribution in [0.4, 0.5) is 5.69 Å². The molecule has 1 aromatic heterocycles. The molecule has 0 spiro atoms. The number of nitrogens with zero attached hydrogens (tertiary/aromatic N) is 5. The minimum atomic E-state index is 0.0499. The summed E-state index contributed by atoms with van der Waals surface area (Å²) in [5.74, 6) is 0.0711. The van der Waals surface area contributed by atoms with Gasteiger partial charge in [-0.15, -0.1) is 5.10 Å². The summed E-state index contributed by atoms with van der Waals surface area (Å²) in [6, 6.07) is 7.98. The molecule has 3 heterocycles. The third kappa shape index (κ3) is 2.96. The zero-order chi connectivity index (χ0) is 18.1. The number of rotatable bonds is 4. The van der Waals surface area contributed by atoms with Gasteiger partial charge in [0.25, 0.3) is 5.91 Å². The van der Waals surface area contributed by atoms with Crippen molar-refractivity contribution < 1.29 is 9.53 Å². The van der Waals surface area contributed by atoms with Crippen LogP contribution in [-0.2, 0) is 11.3 Å². The standard InChI is InChI=1S/C19H25N5O2/c1-3-22(4-2)15-7-5-14(6-8-15)19(25)23-10-9-18-17(12-23)24-16(13-26-18)11-20-21-24/h5-8,11,17-18H,3-4,9-10,12-13H2,1-2H3/t17-,18-/m1/s1. The molecule has 0 aliphatic carbocycles. The van der Waals surface area contributed by atoms with Crippen LogP contribution in [0.2, 0.25) is 0 Å². The number of likely N-dealkylation sites (tertiary alicyclic amines) is 1. The summed E-state index contributed by atoms with van der Waals surface area (Å²) in [5.41, 5.74) is 2.86. The van der Waals surface area contributed by atoms with Crippen molar-refractivity contribution in [3.05, 3.63) is 41.7 Å². The van der Waals surface area contributed by atoms with Crippen LogP contribution >= 0.6 is 0 Å². The molecule has 0 saturated carbocycles. The Morgan fingerprint density at radius 1 is 1.27 bits per heavy atom. The first-order valence-electron chi connectivity index (χ1n) is 9.36. The molecule has 0 unspecified atom stereocenters. The fourth-order valence-electron chi connectivity index (χ4n) is 3.95. The Labute approximate surface area is 153 Å². The summed E-state index contributed by atoms with van der Waals surface area (Å²) in [6.07, 6.45) is 2.68. The van der Waals surface area contributed by atoms with Crippen molar-refractivity contribution in [3.8, 4) is 0 Å². The van der Waals surface area contributed by atoms with E-state index >= 15 is 0 Å². The van der Waals surface area contributed by atoms with Gasteiger partial charge in [0.1, 0.15) is 0 Å². The number of hydrogen-bond acceptors (Lipinski definition) is 5. The van der Waals surface area contributed by atoms with E-state index in [0.29, 0.717) is 19.7 Å². The first-order valence-corrected chi connectivity index (χ1v) is 9.36. The van der Waals surface area contributed by atoms with Gasteiger partial charge in [0.2, 0.25) is 0 Å². The van der Waals surface area contributed by atoms with Gasteiger partial charge in [-0.05, 0) is 44.5 Å². The Morgan fingerprint density at radius 2 is 2.04 bits per heavy atom. The van der Waals surface area contributed by atoms with Crippen molar-refractivity contribution in [2.75, 3.05) is 31.1 Å². The fourth-order valence-corrected chi connectivity index (χ4v) is 3.95. The van der Waals surface area contributed by atoms with Crippen molar-refractivity contribution in [2.45, 2.75) is 39.0 Å². The van der Waals surface area contributed by atoms with Gasteiger partial charge in [-0.2, -0.15) is 0 Å². The second kappa shape index (κ2) is 7.07. The number of amides is 1. The number of carbonyl (C=O) groups is 1. The number of benzene rings is 1. The fraction of sp³-hybridized carbons (Fsp3) is 0.526. The van der Waals surface area contributed by atoms with Crippen molar-refractivity contribution in [2.24, 2.45) is 0 Å². The molecule has 2 aliphatic rings. The molecule has 0 radical (unpaired) electrons. The molecule has 1 aromatic carbocycles. The number of ether oxygens (including phenoxy) is 1. The molecule has 0 N–H and O–H groups in total. The van der Waals surface area contributed by atoms with E-state index in [4.69, 9.17) is 4.74 Å². The Kier molecular flexibility index (Phi) is 4.63. The van der Waals surface area contributed by atoms with Crippen LogP contribution < -0.4 is 4.90 Å². The topological polar surface area (TPSA) is 63.5 Å². The van der Waals surface area contributed by atoms with E-state index in [1.165, 1.54) is 0 Å². The smallest absolute Gasteiger partial charge is 0.253 e. The lowest BCUT2D eigenvalue weighted by Gasteiger charge is -2.41. The normalized spacial score (nSPS) is 21.8. The molecule has 26 heavy (non-hydrogen) atoms. The van der Waals surface area contributed by atoms with Crippen molar-refractivity contribution in [1.82, 2.24) is 19.9 Å². The number of carbonyl (C=O) groups excluding carboxylic acids is 1. The Bertz CT molecular complexity index is 768. The molecule has 0 bridgehead atoms.